The molecule has 0 aliphatic heterocycles. The largest absolute Gasteiger partial charge is 0.268 e. The molecule has 3 nitrogen and oxygen atoms in total. The highest BCUT2D eigenvalue weighted by Gasteiger charge is 2.07. The Morgan fingerprint density at radius 1 is 1.04 bits per heavy atom. The Kier molecular flexibility index (Phi) is 4.06. The van der Waals surface area contributed by atoms with Crippen LogP contribution in [-0.2, 0) is 6.54 Å². The molecule has 116 valence electrons. The van der Waals surface area contributed by atoms with E-state index in [1.807, 2.05) is 26.0 Å². The van der Waals surface area contributed by atoms with Crippen molar-refractivity contribution in [1.82, 2.24) is 9.78 Å². The molecule has 0 aliphatic rings. The summed E-state index contributed by atoms with van der Waals surface area (Å²) >= 11 is 0. The molecule has 0 spiro atoms. The molecule has 0 amide bonds. The van der Waals surface area contributed by atoms with Gasteiger partial charge in [0.15, 0.2) is 0 Å². The Balaban J connectivity index is 2.02. The lowest BCUT2D eigenvalue weighted by molar-refractivity contribution is 0.611. The van der Waals surface area contributed by atoms with Gasteiger partial charge in [-0.25, -0.2) is 9.07 Å². The van der Waals surface area contributed by atoms with E-state index < -0.39 is 0 Å². The van der Waals surface area contributed by atoms with E-state index in [4.69, 9.17) is 0 Å². The van der Waals surface area contributed by atoms with Crippen molar-refractivity contribution in [2.24, 2.45) is 0 Å². The fourth-order valence-corrected chi connectivity index (χ4v) is 2.53. The fraction of sp³-hybridized carbons (Fsp3) is 0.158. The van der Waals surface area contributed by atoms with Gasteiger partial charge in [-0.2, -0.15) is 5.10 Å². The third kappa shape index (κ3) is 3.37. The van der Waals surface area contributed by atoms with Gasteiger partial charge >= 0.3 is 0 Å². The van der Waals surface area contributed by atoms with Crippen molar-refractivity contribution in [2.45, 2.75) is 20.4 Å². The molecule has 0 aliphatic carbocycles. The van der Waals surface area contributed by atoms with Crippen LogP contribution in [-0.4, -0.2) is 9.78 Å². The number of rotatable bonds is 3. The van der Waals surface area contributed by atoms with Gasteiger partial charge in [-0.05, 0) is 49.2 Å². The molecular formula is C19H17FN2O. The number of halogens is 1. The lowest BCUT2D eigenvalue weighted by Gasteiger charge is -2.10. The van der Waals surface area contributed by atoms with E-state index in [-0.39, 0.29) is 17.9 Å². The number of hydrogen-bond acceptors (Lipinski definition) is 2. The van der Waals surface area contributed by atoms with Gasteiger partial charge in [-0.1, -0.05) is 29.8 Å². The highest BCUT2D eigenvalue weighted by molar-refractivity contribution is 5.63. The van der Waals surface area contributed by atoms with Crippen LogP contribution in [0.15, 0.2) is 59.4 Å². The molecule has 0 fully saturated rings. The van der Waals surface area contributed by atoms with Crippen LogP contribution in [0.25, 0.3) is 11.3 Å². The molecule has 3 aromatic rings. The van der Waals surface area contributed by atoms with Crippen LogP contribution in [0.2, 0.25) is 0 Å². The number of benzene rings is 2. The van der Waals surface area contributed by atoms with Crippen LogP contribution in [0.4, 0.5) is 4.39 Å². The summed E-state index contributed by atoms with van der Waals surface area (Å²) in [6.45, 7) is 4.28. The average molecular weight is 308 g/mol. The van der Waals surface area contributed by atoms with Crippen LogP contribution in [0, 0.1) is 19.7 Å². The highest BCUT2D eigenvalue weighted by Crippen LogP contribution is 2.21. The minimum absolute atomic E-state index is 0.205. The van der Waals surface area contributed by atoms with Gasteiger partial charge in [-0.15, -0.1) is 0 Å². The predicted molar refractivity (Wildman–Crippen MR) is 88.9 cm³/mol. The van der Waals surface area contributed by atoms with Gasteiger partial charge in [0.25, 0.3) is 5.56 Å². The van der Waals surface area contributed by atoms with Crippen molar-refractivity contribution in [1.29, 1.82) is 0 Å². The van der Waals surface area contributed by atoms with Gasteiger partial charge in [0.05, 0.1) is 12.2 Å². The van der Waals surface area contributed by atoms with Crippen LogP contribution >= 0.6 is 0 Å². The Morgan fingerprint density at radius 2 is 1.87 bits per heavy atom. The Labute approximate surface area is 134 Å². The van der Waals surface area contributed by atoms with Crippen molar-refractivity contribution in [2.75, 3.05) is 0 Å². The first-order valence-corrected chi connectivity index (χ1v) is 7.43. The van der Waals surface area contributed by atoms with Gasteiger partial charge in [0.2, 0.25) is 0 Å². The first kappa shape index (κ1) is 15.2. The summed E-state index contributed by atoms with van der Waals surface area (Å²) in [5.41, 5.74) is 4.47. The summed E-state index contributed by atoms with van der Waals surface area (Å²) < 4.78 is 14.7. The van der Waals surface area contributed by atoms with Crippen molar-refractivity contribution in [3.05, 3.63) is 87.5 Å². The highest BCUT2D eigenvalue weighted by atomic mass is 19.1. The quantitative estimate of drug-likeness (QED) is 0.739. The molecule has 1 aromatic heterocycles. The van der Waals surface area contributed by atoms with Crippen LogP contribution in [0.3, 0.4) is 0 Å². The lowest BCUT2D eigenvalue weighted by atomic mass is 10.0. The minimum atomic E-state index is -0.318. The second kappa shape index (κ2) is 6.16. The predicted octanol–water partition coefficient (Wildman–Crippen LogP) is 3.71. The molecule has 0 atom stereocenters. The summed E-state index contributed by atoms with van der Waals surface area (Å²) in [7, 11) is 0. The molecular weight excluding hydrogens is 291 g/mol. The Bertz CT molecular complexity index is 915. The van der Waals surface area contributed by atoms with Crippen molar-refractivity contribution in [3.63, 3.8) is 0 Å². The average Bonchev–Trinajstić information content (AvgIpc) is 2.52. The summed E-state index contributed by atoms with van der Waals surface area (Å²) in [6, 6.07) is 15.6. The van der Waals surface area contributed by atoms with Gasteiger partial charge in [-0.3, -0.25) is 4.79 Å². The summed E-state index contributed by atoms with van der Waals surface area (Å²) in [5.74, 6) is -0.318. The van der Waals surface area contributed by atoms with Crippen LogP contribution in [0.5, 0.6) is 0 Å². The number of aryl methyl sites for hydroxylation is 2. The van der Waals surface area contributed by atoms with Crippen molar-refractivity contribution in [3.8, 4) is 11.3 Å². The Hall–Kier alpha value is -2.75. The second-order valence-corrected chi connectivity index (χ2v) is 5.66. The number of aromatic nitrogens is 2. The molecule has 0 bridgehead atoms. The lowest BCUT2D eigenvalue weighted by Crippen LogP contribution is -2.23. The maximum absolute atomic E-state index is 13.3. The maximum atomic E-state index is 13.3. The fourth-order valence-electron chi connectivity index (χ4n) is 2.53. The molecule has 0 unspecified atom stereocenters. The molecule has 3 rings (SSSR count). The number of hydrogen-bond donors (Lipinski definition) is 0. The van der Waals surface area contributed by atoms with E-state index in [9.17, 15) is 9.18 Å². The zero-order valence-corrected chi connectivity index (χ0v) is 13.1. The molecule has 4 heteroatoms. The summed E-state index contributed by atoms with van der Waals surface area (Å²) in [6.07, 6.45) is 0. The van der Waals surface area contributed by atoms with Crippen molar-refractivity contribution >= 4 is 0 Å². The van der Waals surface area contributed by atoms with E-state index >= 15 is 0 Å². The van der Waals surface area contributed by atoms with E-state index in [1.54, 1.807) is 18.2 Å². The topological polar surface area (TPSA) is 34.9 Å². The van der Waals surface area contributed by atoms with E-state index in [0.29, 0.717) is 5.56 Å². The first-order valence-electron chi connectivity index (χ1n) is 7.43. The zero-order chi connectivity index (χ0) is 16.4. The van der Waals surface area contributed by atoms with E-state index in [2.05, 4.69) is 11.2 Å². The normalized spacial score (nSPS) is 10.7. The van der Waals surface area contributed by atoms with Gasteiger partial charge in [0.1, 0.15) is 5.82 Å². The third-order valence-corrected chi connectivity index (χ3v) is 3.76. The monoisotopic (exact) mass is 308 g/mol. The minimum Gasteiger partial charge on any atom is -0.268 e. The molecule has 2 aromatic carbocycles. The molecule has 0 saturated carbocycles. The van der Waals surface area contributed by atoms with Crippen LogP contribution < -0.4 is 5.56 Å². The third-order valence-electron chi connectivity index (χ3n) is 3.76. The second-order valence-electron chi connectivity index (χ2n) is 5.66. The number of nitrogens with zero attached hydrogens (tertiary/aromatic N) is 2. The Morgan fingerprint density at radius 3 is 2.65 bits per heavy atom. The van der Waals surface area contributed by atoms with E-state index in [1.165, 1.54) is 22.9 Å². The smallest absolute Gasteiger partial charge is 0.267 e. The standard InChI is InChI=1S/C19H17FN2O/c1-13-6-7-14(2)17(10-13)18-8-9-19(23)22(21-18)12-15-4-3-5-16(20)11-15/h3-11H,12H2,1-2H3. The molecule has 0 N–H and O–H groups in total. The molecule has 1 heterocycles. The van der Waals surface area contributed by atoms with Gasteiger partial charge < -0.3 is 0 Å². The molecule has 0 saturated heterocycles. The summed E-state index contributed by atoms with van der Waals surface area (Å²) in [4.78, 5) is 12.1. The van der Waals surface area contributed by atoms with Crippen molar-refractivity contribution < 1.29 is 4.39 Å². The molecule has 23 heavy (non-hydrogen) atoms. The van der Waals surface area contributed by atoms with E-state index in [0.717, 1.165) is 22.4 Å². The molecule has 0 radical (unpaired) electrons. The van der Waals surface area contributed by atoms with Gasteiger partial charge in [0, 0.05) is 11.6 Å². The SMILES string of the molecule is Cc1ccc(C)c(-c2ccc(=O)n(Cc3cccc(F)c3)n2)c1. The maximum Gasteiger partial charge on any atom is 0.267 e. The first-order chi connectivity index (χ1) is 11.0. The zero-order valence-electron chi connectivity index (χ0n) is 13.1. The van der Waals surface area contributed by atoms with Crippen LogP contribution in [0.1, 0.15) is 16.7 Å². The summed E-state index contributed by atoms with van der Waals surface area (Å²) in [5, 5.41) is 4.45.